The molecule has 0 spiro atoms. The van der Waals surface area contributed by atoms with Gasteiger partial charge in [0.15, 0.2) is 0 Å². The molecule has 0 radical (unpaired) electrons. The zero-order chi connectivity index (χ0) is 16.7. The molecule has 2 N–H and O–H groups in total. The summed E-state index contributed by atoms with van der Waals surface area (Å²) in [5.41, 5.74) is 0. The highest BCUT2D eigenvalue weighted by atomic mass is 32.2. The van der Waals surface area contributed by atoms with Crippen LogP contribution in [0.5, 0.6) is 0 Å². The van der Waals surface area contributed by atoms with Gasteiger partial charge in [0.1, 0.15) is 11.9 Å². The van der Waals surface area contributed by atoms with Gasteiger partial charge in [-0.05, 0) is 24.3 Å². The van der Waals surface area contributed by atoms with Crippen LogP contribution in [0.15, 0.2) is 29.2 Å². The van der Waals surface area contributed by atoms with Gasteiger partial charge in [0.25, 0.3) is 0 Å². The Kier molecular flexibility index (Phi) is 7.23. The molecule has 0 aliphatic heterocycles. The molecule has 0 aliphatic carbocycles. The van der Waals surface area contributed by atoms with Gasteiger partial charge < -0.3 is 10.4 Å². The highest BCUT2D eigenvalue weighted by molar-refractivity contribution is 7.99. The predicted molar refractivity (Wildman–Crippen MR) is 76.5 cm³/mol. The topological polar surface area (TPSA) is 66.4 Å². The monoisotopic (exact) mass is 335 g/mol. The summed E-state index contributed by atoms with van der Waals surface area (Å²) in [5, 5.41) is 10.9. The maximum atomic E-state index is 12.7. The number of halogens is 3. The van der Waals surface area contributed by atoms with Crippen molar-refractivity contribution in [3.05, 3.63) is 30.1 Å². The highest BCUT2D eigenvalue weighted by Crippen LogP contribution is 2.21. The SMILES string of the molecule is CC(CSc1ccc(F)cc1)C(=O)NC(CC(F)F)C(=O)O. The van der Waals surface area contributed by atoms with Crippen LogP contribution in [0.3, 0.4) is 0 Å². The fourth-order valence-corrected chi connectivity index (χ4v) is 2.46. The van der Waals surface area contributed by atoms with E-state index in [0.29, 0.717) is 5.75 Å². The number of hydrogen-bond acceptors (Lipinski definition) is 3. The van der Waals surface area contributed by atoms with Crippen molar-refractivity contribution in [2.24, 2.45) is 5.92 Å². The summed E-state index contributed by atoms with van der Waals surface area (Å²) >= 11 is 1.29. The number of aliphatic carboxylic acids is 1. The van der Waals surface area contributed by atoms with Crippen molar-refractivity contribution in [3.8, 4) is 0 Å². The molecule has 0 fully saturated rings. The van der Waals surface area contributed by atoms with E-state index in [1.54, 1.807) is 19.1 Å². The number of carboxylic acids is 1. The zero-order valence-electron chi connectivity index (χ0n) is 11.8. The van der Waals surface area contributed by atoms with Crippen LogP contribution < -0.4 is 5.32 Å². The average Bonchev–Trinajstić information content (AvgIpc) is 2.44. The number of carboxylic acid groups (broad SMARTS) is 1. The second kappa shape index (κ2) is 8.67. The fourth-order valence-electron chi connectivity index (χ4n) is 1.54. The van der Waals surface area contributed by atoms with Crippen molar-refractivity contribution in [2.75, 3.05) is 5.75 Å². The lowest BCUT2D eigenvalue weighted by atomic mass is 10.1. The van der Waals surface area contributed by atoms with E-state index >= 15 is 0 Å². The molecule has 1 aromatic carbocycles. The van der Waals surface area contributed by atoms with Crippen molar-refractivity contribution in [3.63, 3.8) is 0 Å². The maximum absolute atomic E-state index is 12.7. The minimum absolute atomic E-state index is 0.318. The quantitative estimate of drug-likeness (QED) is 0.717. The van der Waals surface area contributed by atoms with Gasteiger partial charge in [0.05, 0.1) is 0 Å². The molecule has 8 heteroatoms. The van der Waals surface area contributed by atoms with Crippen LogP contribution in [0.4, 0.5) is 13.2 Å². The third kappa shape index (κ3) is 6.38. The van der Waals surface area contributed by atoms with Gasteiger partial charge in [-0.1, -0.05) is 6.92 Å². The number of carbonyl (C=O) groups is 2. The van der Waals surface area contributed by atoms with E-state index < -0.39 is 36.7 Å². The van der Waals surface area contributed by atoms with Gasteiger partial charge in [-0.2, -0.15) is 0 Å². The van der Waals surface area contributed by atoms with Gasteiger partial charge in [-0.25, -0.2) is 18.0 Å². The van der Waals surface area contributed by atoms with E-state index in [2.05, 4.69) is 5.32 Å². The van der Waals surface area contributed by atoms with Crippen LogP contribution in [0.1, 0.15) is 13.3 Å². The molecular weight excluding hydrogens is 319 g/mol. The first kappa shape index (κ1) is 18.3. The van der Waals surface area contributed by atoms with E-state index in [9.17, 15) is 22.8 Å². The predicted octanol–water partition coefficient (Wildman–Crippen LogP) is 2.78. The number of benzene rings is 1. The molecule has 1 rings (SSSR count). The van der Waals surface area contributed by atoms with Crippen molar-refractivity contribution in [1.82, 2.24) is 5.32 Å². The molecule has 4 nitrogen and oxygen atoms in total. The Hall–Kier alpha value is -1.70. The van der Waals surface area contributed by atoms with E-state index in [1.807, 2.05) is 0 Å². The van der Waals surface area contributed by atoms with Gasteiger partial charge in [0, 0.05) is 23.0 Å². The second-order valence-electron chi connectivity index (χ2n) is 4.69. The average molecular weight is 335 g/mol. The first-order valence-corrected chi connectivity index (χ1v) is 7.48. The minimum Gasteiger partial charge on any atom is -0.480 e. The molecule has 0 aromatic heterocycles. The smallest absolute Gasteiger partial charge is 0.326 e. The van der Waals surface area contributed by atoms with Crippen LogP contribution in [-0.2, 0) is 9.59 Å². The summed E-state index contributed by atoms with van der Waals surface area (Å²) in [5.74, 6) is -2.73. The molecule has 1 amide bonds. The molecular formula is C14H16F3NO3S. The van der Waals surface area contributed by atoms with E-state index in [-0.39, 0.29) is 5.82 Å². The second-order valence-corrected chi connectivity index (χ2v) is 5.79. The maximum Gasteiger partial charge on any atom is 0.326 e. The summed E-state index contributed by atoms with van der Waals surface area (Å²) in [6, 6.07) is 4.08. The van der Waals surface area contributed by atoms with Gasteiger partial charge in [-0.3, -0.25) is 4.79 Å². The van der Waals surface area contributed by atoms with Crippen molar-refractivity contribution in [2.45, 2.75) is 30.7 Å². The van der Waals surface area contributed by atoms with Crippen LogP contribution >= 0.6 is 11.8 Å². The summed E-state index contributed by atoms with van der Waals surface area (Å²) in [6.07, 6.45) is -3.75. The molecule has 122 valence electrons. The normalized spacial score (nSPS) is 13.7. The third-order valence-electron chi connectivity index (χ3n) is 2.79. The first-order chi connectivity index (χ1) is 10.3. The lowest BCUT2D eigenvalue weighted by molar-refractivity contribution is -0.143. The molecule has 0 saturated carbocycles. The minimum atomic E-state index is -2.81. The lowest BCUT2D eigenvalue weighted by Crippen LogP contribution is -2.44. The van der Waals surface area contributed by atoms with Crippen LogP contribution in [0, 0.1) is 11.7 Å². The molecule has 2 atom stereocenters. The third-order valence-corrected chi connectivity index (χ3v) is 4.06. The molecule has 0 aliphatic rings. The molecule has 0 saturated heterocycles. The van der Waals surface area contributed by atoms with Crippen LogP contribution in [0.25, 0.3) is 0 Å². The van der Waals surface area contributed by atoms with Crippen molar-refractivity contribution in [1.29, 1.82) is 0 Å². The number of thioether (sulfide) groups is 1. The van der Waals surface area contributed by atoms with E-state index in [4.69, 9.17) is 5.11 Å². The molecule has 2 unspecified atom stereocenters. The zero-order valence-corrected chi connectivity index (χ0v) is 12.6. The number of hydrogen-bond donors (Lipinski definition) is 2. The van der Waals surface area contributed by atoms with Gasteiger partial charge >= 0.3 is 5.97 Å². The Balaban J connectivity index is 2.49. The van der Waals surface area contributed by atoms with E-state index in [0.717, 1.165) is 4.90 Å². The Labute approximate surface area is 130 Å². The number of rotatable bonds is 8. The van der Waals surface area contributed by atoms with Crippen LogP contribution in [0.2, 0.25) is 0 Å². The first-order valence-electron chi connectivity index (χ1n) is 6.49. The summed E-state index contributed by atoms with van der Waals surface area (Å²) in [7, 11) is 0. The molecule has 22 heavy (non-hydrogen) atoms. The number of carbonyl (C=O) groups excluding carboxylic acids is 1. The van der Waals surface area contributed by atoms with Crippen molar-refractivity contribution < 1.29 is 27.9 Å². The number of nitrogens with one attached hydrogen (secondary N) is 1. The Bertz CT molecular complexity index is 511. The van der Waals surface area contributed by atoms with Crippen LogP contribution in [-0.4, -0.2) is 35.2 Å². The molecule has 0 bridgehead atoms. The largest absolute Gasteiger partial charge is 0.480 e. The number of alkyl halides is 2. The Morgan fingerprint density at radius 3 is 2.36 bits per heavy atom. The number of amides is 1. The highest BCUT2D eigenvalue weighted by Gasteiger charge is 2.26. The fraction of sp³-hybridized carbons (Fsp3) is 0.429. The lowest BCUT2D eigenvalue weighted by Gasteiger charge is -2.17. The Morgan fingerprint density at radius 2 is 1.86 bits per heavy atom. The summed E-state index contributed by atoms with van der Waals surface area (Å²) in [6.45, 7) is 1.56. The van der Waals surface area contributed by atoms with Gasteiger partial charge in [-0.15, -0.1) is 11.8 Å². The molecule has 1 aromatic rings. The Morgan fingerprint density at radius 1 is 1.27 bits per heavy atom. The van der Waals surface area contributed by atoms with Crippen molar-refractivity contribution >= 4 is 23.6 Å². The van der Waals surface area contributed by atoms with E-state index in [1.165, 1.54) is 23.9 Å². The summed E-state index contributed by atoms with van der Waals surface area (Å²) in [4.78, 5) is 23.4. The standard InChI is InChI=1S/C14H16F3NO3S/c1-8(7-22-10-4-2-9(15)3-5-10)13(19)18-11(14(20)21)6-12(16)17/h2-5,8,11-12H,6-7H2,1H3,(H,18,19)(H,20,21). The summed E-state index contributed by atoms with van der Waals surface area (Å²) < 4.78 is 37.2. The molecule has 0 heterocycles. The van der Waals surface area contributed by atoms with Gasteiger partial charge in [0.2, 0.25) is 12.3 Å².